The zero-order valence-electron chi connectivity index (χ0n) is 7.08. The van der Waals surface area contributed by atoms with Crippen LogP contribution in [0.5, 0.6) is 0 Å². The second-order valence-corrected chi connectivity index (χ2v) is 3.08. The lowest BCUT2D eigenvalue weighted by atomic mass is 10.1. The minimum Gasteiger partial charge on any atom is -0.358 e. The van der Waals surface area contributed by atoms with E-state index < -0.39 is 34.1 Å². The van der Waals surface area contributed by atoms with E-state index in [0.29, 0.717) is 6.20 Å². The van der Waals surface area contributed by atoms with Crippen LogP contribution in [0.3, 0.4) is 0 Å². The van der Waals surface area contributed by atoms with E-state index in [-0.39, 0.29) is 5.33 Å². The first-order chi connectivity index (χ1) is 6.99. The highest BCUT2D eigenvalue weighted by Crippen LogP contribution is 2.29. The van der Waals surface area contributed by atoms with E-state index in [1.165, 1.54) is 0 Å². The van der Waals surface area contributed by atoms with Crippen LogP contribution >= 0.6 is 15.9 Å². The van der Waals surface area contributed by atoms with Crippen LogP contribution in [0, 0.1) is 15.9 Å². The molecule has 0 atom stereocenters. The first-order valence-electron chi connectivity index (χ1n) is 3.64. The third kappa shape index (κ3) is 2.25. The zero-order valence-corrected chi connectivity index (χ0v) is 8.67. The van der Waals surface area contributed by atoms with Crippen molar-refractivity contribution in [3.05, 3.63) is 33.3 Å². The molecule has 1 rings (SSSR count). The van der Waals surface area contributed by atoms with E-state index in [2.05, 4.69) is 20.9 Å². The van der Waals surface area contributed by atoms with Gasteiger partial charge in [-0.3, -0.25) is 0 Å². The van der Waals surface area contributed by atoms with Gasteiger partial charge in [0, 0.05) is 10.9 Å². The summed E-state index contributed by atoms with van der Waals surface area (Å²) in [4.78, 5) is 12.2. The second-order valence-electron chi connectivity index (χ2n) is 2.52. The molecule has 1 aromatic heterocycles. The van der Waals surface area contributed by atoms with Gasteiger partial charge in [-0.25, -0.2) is 8.78 Å². The molecule has 4 nitrogen and oxygen atoms in total. The maximum Gasteiger partial charge on any atom is 0.400 e. The predicted molar refractivity (Wildman–Crippen MR) is 48.4 cm³/mol. The summed E-state index contributed by atoms with van der Waals surface area (Å²) in [5.41, 5.74) is -1.08. The lowest BCUT2D eigenvalue weighted by Gasteiger charge is -2.05. The van der Waals surface area contributed by atoms with E-state index in [1.54, 1.807) is 0 Å². The van der Waals surface area contributed by atoms with Gasteiger partial charge in [0.15, 0.2) is 0 Å². The van der Waals surface area contributed by atoms with Gasteiger partial charge in [0.2, 0.25) is 5.82 Å². The minimum atomic E-state index is -2.92. The summed E-state index contributed by atoms with van der Waals surface area (Å²) >= 11 is 2.79. The molecule has 15 heavy (non-hydrogen) atoms. The third-order valence-electron chi connectivity index (χ3n) is 1.68. The molecular formula is C7H4BrF3N2O2. The maximum absolute atomic E-state index is 13.3. The van der Waals surface area contributed by atoms with Gasteiger partial charge in [0.25, 0.3) is 6.43 Å². The van der Waals surface area contributed by atoms with Crippen molar-refractivity contribution in [2.45, 2.75) is 11.8 Å². The van der Waals surface area contributed by atoms with Gasteiger partial charge in [0.05, 0.1) is 5.56 Å². The number of halogens is 4. The highest BCUT2D eigenvalue weighted by molar-refractivity contribution is 9.08. The summed E-state index contributed by atoms with van der Waals surface area (Å²) in [6.07, 6.45) is -2.30. The summed E-state index contributed by atoms with van der Waals surface area (Å²) in [6, 6.07) is 0. The lowest BCUT2D eigenvalue weighted by molar-refractivity contribution is -0.392. The predicted octanol–water partition coefficient (Wildman–Crippen LogP) is 2.96. The number of aromatic nitrogens is 1. The standard InChI is InChI=1S/C7H4BrF3N2O2/c8-1-3-4(6(10)11)2-12-7(5(3)9)13(14)15/h2,6H,1H2. The first kappa shape index (κ1) is 11.9. The molecule has 0 saturated heterocycles. The topological polar surface area (TPSA) is 56.0 Å². The Bertz CT molecular complexity index is 400. The van der Waals surface area contributed by atoms with E-state index in [4.69, 9.17) is 0 Å². The van der Waals surface area contributed by atoms with Crippen molar-refractivity contribution in [2.75, 3.05) is 0 Å². The van der Waals surface area contributed by atoms with E-state index in [9.17, 15) is 23.3 Å². The molecule has 0 bridgehead atoms. The van der Waals surface area contributed by atoms with Crippen LogP contribution < -0.4 is 0 Å². The number of hydrogen-bond donors (Lipinski definition) is 0. The lowest BCUT2D eigenvalue weighted by Crippen LogP contribution is -2.04. The fraction of sp³-hybridized carbons (Fsp3) is 0.286. The molecule has 0 amide bonds. The number of alkyl halides is 3. The Morgan fingerprint density at radius 2 is 2.20 bits per heavy atom. The van der Waals surface area contributed by atoms with Crippen LogP contribution in [0.1, 0.15) is 17.6 Å². The van der Waals surface area contributed by atoms with Crippen molar-refractivity contribution < 1.29 is 18.1 Å². The Balaban J connectivity index is 3.39. The van der Waals surface area contributed by atoms with E-state index in [0.717, 1.165) is 0 Å². The Morgan fingerprint density at radius 1 is 1.60 bits per heavy atom. The van der Waals surface area contributed by atoms with Crippen molar-refractivity contribution in [3.63, 3.8) is 0 Å². The highest BCUT2D eigenvalue weighted by atomic mass is 79.9. The molecule has 0 aliphatic heterocycles. The quantitative estimate of drug-likeness (QED) is 0.487. The second kappa shape index (κ2) is 4.56. The molecule has 8 heteroatoms. The smallest absolute Gasteiger partial charge is 0.358 e. The van der Waals surface area contributed by atoms with E-state index in [1.807, 2.05) is 0 Å². The SMILES string of the molecule is O=[N+]([O-])c1ncc(C(F)F)c(CBr)c1F. The highest BCUT2D eigenvalue weighted by Gasteiger charge is 2.26. The van der Waals surface area contributed by atoms with Crippen LogP contribution in [-0.2, 0) is 5.33 Å². The molecule has 0 aliphatic carbocycles. The molecule has 0 unspecified atom stereocenters. The molecule has 0 saturated carbocycles. The monoisotopic (exact) mass is 284 g/mol. The van der Waals surface area contributed by atoms with Gasteiger partial charge < -0.3 is 10.1 Å². The third-order valence-corrected chi connectivity index (χ3v) is 2.24. The summed E-state index contributed by atoms with van der Waals surface area (Å²) in [5, 5.41) is 10.0. The van der Waals surface area contributed by atoms with Crippen LogP contribution in [0.25, 0.3) is 0 Å². The fourth-order valence-electron chi connectivity index (χ4n) is 0.978. The number of nitrogens with zero attached hydrogens (tertiary/aromatic N) is 2. The van der Waals surface area contributed by atoms with Gasteiger partial charge in [-0.1, -0.05) is 15.9 Å². The maximum atomic E-state index is 13.3. The van der Waals surface area contributed by atoms with Crippen molar-refractivity contribution in [2.24, 2.45) is 0 Å². The minimum absolute atomic E-state index is 0.234. The molecule has 0 aromatic carbocycles. The van der Waals surface area contributed by atoms with Crippen LogP contribution in [0.4, 0.5) is 19.0 Å². The number of nitro groups is 1. The average Bonchev–Trinajstić information content (AvgIpc) is 2.16. The zero-order chi connectivity index (χ0) is 11.6. The number of rotatable bonds is 3. The molecule has 0 radical (unpaired) electrons. The fourth-order valence-corrected chi connectivity index (χ4v) is 1.55. The summed E-state index contributed by atoms with van der Waals surface area (Å²) < 4.78 is 37.9. The van der Waals surface area contributed by atoms with Crippen molar-refractivity contribution >= 4 is 21.7 Å². The largest absolute Gasteiger partial charge is 0.400 e. The normalized spacial score (nSPS) is 10.7. The van der Waals surface area contributed by atoms with Crippen molar-refractivity contribution in [1.82, 2.24) is 4.98 Å². The Hall–Kier alpha value is -1.18. The molecule has 0 aliphatic rings. The van der Waals surface area contributed by atoms with Crippen LogP contribution in [0.15, 0.2) is 6.20 Å². The molecule has 82 valence electrons. The molecule has 0 N–H and O–H groups in total. The van der Waals surface area contributed by atoms with Crippen LogP contribution in [-0.4, -0.2) is 9.91 Å². The van der Waals surface area contributed by atoms with Crippen LogP contribution in [0.2, 0.25) is 0 Å². The Kier molecular flexibility index (Phi) is 3.61. The van der Waals surface area contributed by atoms with E-state index >= 15 is 0 Å². The Morgan fingerprint density at radius 3 is 2.60 bits per heavy atom. The molecule has 1 aromatic rings. The summed E-state index contributed by atoms with van der Waals surface area (Å²) in [7, 11) is 0. The van der Waals surface area contributed by atoms with Gasteiger partial charge >= 0.3 is 5.82 Å². The molecular weight excluding hydrogens is 281 g/mol. The average molecular weight is 285 g/mol. The molecule has 1 heterocycles. The van der Waals surface area contributed by atoms with Crippen molar-refractivity contribution in [3.8, 4) is 0 Å². The summed E-state index contributed by atoms with van der Waals surface area (Å²) in [5.74, 6) is -2.37. The van der Waals surface area contributed by atoms with Gasteiger partial charge in [-0.05, 0) is 9.91 Å². The van der Waals surface area contributed by atoms with Gasteiger partial charge in [0.1, 0.15) is 6.20 Å². The number of hydrogen-bond acceptors (Lipinski definition) is 3. The molecule has 0 spiro atoms. The Labute approximate surface area is 90.4 Å². The number of pyridine rings is 1. The van der Waals surface area contributed by atoms with Gasteiger partial charge in [-0.2, -0.15) is 4.39 Å². The van der Waals surface area contributed by atoms with Crippen molar-refractivity contribution in [1.29, 1.82) is 0 Å². The molecule has 0 fully saturated rings. The first-order valence-corrected chi connectivity index (χ1v) is 4.77. The van der Waals surface area contributed by atoms with Gasteiger partial charge in [-0.15, -0.1) is 0 Å². The summed E-state index contributed by atoms with van der Waals surface area (Å²) in [6.45, 7) is 0.